The number of thioether (sulfide) groups is 1. The molecule has 8 nitrogen and oxygen atoms in total. The van der Waals surface area contributed by atoms with Crippen LogP contribution in [0.3, 0.4) is 0 Å². The third-order valence-corrected chi connectivity index (χ3v) is 7.43. The first-order chi connectivity index (χ1) is 17.4. The Bertz CT molecular complexity index is 1320. The number of amides is 2. The molecule has 0 unspecified atom stereocenters. The van der Waals surface area contributed by atoms with Crippen molar-refractivity contribution in [2.45, 2.75) is 19.4 Å². The predicted molar refractivity (Wildman–Crippen MR) is 142 cm³/mol. The van der Waals surface area contributed by atoms with E-state index in [9.17, 15) is 9.59 Å². The molecule has 3 aromatic rings. The molecule has 2 saturated heterocycles. The lowest BCUT2D eigenvalue weighted by atomic mass is 9.97. The predicted octanol–water partition coefficient (Wildman–Crippen LogP) is 5.37. The maximum absolute atomic E-state index is 11.8. The van der Waals surface area contributed by atoms with Crippen molar-refractivity contribution < 1.29 is 14.0 Å². The molecule has 5 rings (SSSR count). The van der Waals surface area contributed by atoms with Crippen LogP contribution in [-0.2, 0) is 11.3 Å². The Morgan fingerprint density at radius 2 is 2.00 bits per heavy atom. The lowest BCUT2D eigenvalue weighted by Crippen LogP contribution is -2.38. The average Bonchev–Trinajstić information content (AvgIpc) is 3.45. The van der Waals surface area contributed by atoms with E-state index in [1.807, 2.05) is 18.2 Å². The fourth-order valence-corrected chi connectivity index (χ4v) is 5.36. The van der Waals surface area contributed by atoms with Gasteiger partial charge in [-0.05, 0) is 79.5 Å². The van der Waals surface area contributed by atoms with Crippen LogP contribution in [0.25, 0.3) is 17.4 Å². The third kappa shape index (κ3) is 5.92. The van der Waals surface area contributed by atoms with Gasteiger partial charge in [-0.3, -0.25) is 14.9 Å². The minimum absolute atomic E-state index is 0.342. The zero-order valence-electron chi connectivity index (χ0n) is 19.2. The number of rotatable bonds is 7. The number of furan rings is 1. The van der Waals surface area contributed by atoms with Crippen molar-refractivity contribution in [3.05, 3.63) is 69.0 Å². The molecule has 2 fully saturated rings. The summed E-state index contributed by atoms with van der Waals surface area (Å²) in [7, 11) is 0. The highest BCUT2D eigenvalue weighted by atomic mass is 35.5. The number of piperidine rings is 1. The molecule has 2 amide bonds. The Hall–Kier alpha value is -2.85. The fraction of sp³-hybridized carbons (Fsp3) is 0.280. The number of carbonyl (C=O) groups is 2. The fourth-order valence-electron chi connectivity index (χ4n) is 4.19. The van der Waals surface area contributed by atoms with E-state index in [0.29, 0.717) is 39.1 Å². The van der Waals surface area contributed by atoms with Gasteiger partial charge in [0, 0.05) is 29.9 Å². The topological polar surface area (TPSA) is 100 Å². The quantitative estimate of drug-likeness (QED) is 0.383. The van der Waals surface area contributed by atoms with Crippen LogP contribution in [0.5, 0.6) is 0 Å². The van der Waals surface area contributed by atoms with E-state index >= 15 is 0 Å². The van der Waals surface area contributed by atoms with Crippen LogP contribution >= 0.6 is 35.0 Å². The Kier molecular flexibility index (Phi) is 7.62. The molecule has 0 bridgehead atoms. The molecule has 186 valence electrons. The Morgan fingerprint density at radius 1 is 1.17 bits per heavy atom. The van der Waals surface area contributed by atoms with E-state index in [4.69, 9.17) is 27.6 Å². The SMILES string of the molecule is O=C1NC(=O)C(=Cc2ccnc(N3CCC(CNCc4ccc(-c5ccc(Cl)cc5Cl)o4)CC3)n2)S1. The molecule has 0 aliphatic carbocycles. The van der Waals surface area contributed by atoms with Gasteiger partial charge in [0.1, 0.15) is 11.5 Å². The van der Waals surface area contributed by atoms with Crippen LogP contribution in [0.1, 0.15) is 24.3 Å². The van der Waals surface area contributed by atoms with Gasteiger partial charge in [-0.2, -0.15) is 0 Å². The molecule has 0 saturated carbocycles. The normalized spacial score (nSPS) is 17.7. The van der Waals surface area contributed by atoms with Gasteiger partial charge in [0.2, 0.25) is 5.95 Å². The summed E-state index contributed by atoms with van der Waals surface area (Å²) in [6.45, 7) is 3.22. The van der Waals surface area contributed by atoms with E-state index in [1.165, 1.54) is 0 Å². The van der Waals surface area contributed by atoms with E-state index in [1.54, 1.807) is 30.5 Å². The first-order valence-electron chi connectivity index (χ1n) is 11.5. The smallest absolute Gasteiger partial charge is 0.290 e. The molecular weight excluding hydrogens is 521 g/mol. The van der Waals surface area contributed by atoms with Gasteiger partial charge in [0.05, 0.1) is 22.2 Å². The molecule has 1 aromatic carbocycles. The molecule has 0 radical (unpaired) electrons. The number of carbonyl (C=O) groups excluding carboxylic acids is 2. The van der Waals surface area contributed by atoms with E-state index in [0.717, 1.165) is 61.3 Å². The Labute approximate surface area is 222 Å². The molecule has 2 aliphatic heterocycles. The van der Waals surface area contributed by atoms with E-state index in [-0.39, 0.29) is 5.24 Å². The second kappa shape index (κ2) is 11.0. The van der Waals surface area contributed by atoms with Crippen molar-refractivity contribution >= 4 is 58.1 Å². The molecule has 2 N–H and O–H groups in total. The minimum atomic E-state index is -0.391. The zero-order valence-corrected chi connectivity index (χ0v) is 21.5. The molecule has 4 heterocycles. The first-order valence-corrected chi connectivity index (χ1v) is 13.1. The van der Waals surface area contributed by atoms with Gasteiger partial charge < -0.3 is 14.6 Å². The number of imide groups is 1. The number of hydrogen-bond donors (Lipinski definition) is 2. The number of benzene rings is 1. The van der Waals surface area contributed by atoms with Crippen molar-refractivity contribution in [1.29, 1.82) is 0 Å². The summed E-state index contributed by atoms with van der Waals surface area (Å²) in [5, 5.41) is 6.54. The Morgan fingerprint density at radius 3 is 2.75 bits per heavy atom. The lowest BCUT2D eigenvalue weighted by Gasteiger charge is -2.32. The van der Waals surface area contributed by atoms with Crippen LogP contribution in [-0.4, -0.2) is 40.7 Å². The summed E-state index contributed by atoms with van der Waals surface area (Å²) >= 11 is 13.1. The number of anilines is 1. The molecule has 11 heteroatoms. The first kappa shape index (κ1) is 24.8. The van der Waals surface area contributed by atoms with Crippen LogP contribution in [0.4, 0.5) is 10.7 Å². The second-order valence-corrected chi connectivity index (χ2v) is 10.4. The van der Waals surface area contributed by atoms with Crippen LogP contribution in [0, 0.1) is 5.92 Å². The number of aromatic nitrogens is 2. The van der Waals surface area contributed by atoms with Gasteiger partial charge >= 0.3 is 0 Å². The summed E-state index contributed by atoms with van der Waals surface area (Å²) < 4.78 is 5.96. The molecule has 0 spiro atoms. The molecule has 2 aromatic heterocycles. The number of hydrogen-bond acceptors (Lipinski definition) is 8. The molecule has 2 aliphatic rings. The summed E-state index contributed by atoms with van der Waals surface area (Å²) in [6, 6.07) is 11.0. The van der Waals surface area contributed by atoms with Gasteiger partial charge in [-0.15, -0.1) is 0 Å². The van der Waals surface area contributed by atoms with Crippen LogP contribution in [0.2, 0.25) is 10.0 Å². The number of nitrogens with one attached hydrogen (secondary N) is 2. The molecule has 36 heavy (non-hydrogen) atoms. The maximum atomic E-state index is 11.8. The van der Waals surface area contributed by atoms with Crippen molar-refractivity contribution in [2.24, 2.45) is 5.92 Å². The van der Waals surface area contributed by atoms with Crippen molar-refractivity contribution in [1.82, 2.24) is 20.6 Å². The largest absolute Gasteiger partial charge is 0.460 e. The highest BCUT2D eigenvalue weighted by molar-refractivity contribution is 8.18. The summed E-state index contributed by atoms with van der Waals surface area (Å²) in [4.78, 5) is 34.6. The van der Waals surface area contributed by atoms with Crippen molar-refractivity contribution in [3.8, 4) is 11.3 Å². The average molecular weight is 544 g/mol. The Balaban J connectivity index is 1.10. The lowest BCUT2D eigenvalue weighted by molar-refractivity contribution is -0.115. The minimum Gasteiger partial charge on any atom is -0.460 e. The van der Waals surface area contributed by atoms with Crippen LogP contribution < -0.4 is 15.5 Å². The standard InChI is InChI=1S/C25H23Cl2N5O3S/c26-16-1-3-19(20(27)11-16)21-4-2-18(35-21)14-28-13-15-6-9-32(10-7-15)24-29-8-5-17(30-24)12-22-23(33)31-25(34)36-22/h1-5,8,11-12,15,28H,6-7,9-10,13-14H2,(H,31,33,34). The summed E-state index contributed by atoms with van der Waals surface area (Å²) in [5.41, 5.74) is 1.43. The highest BCUT2D eigenvalue weighted by Crippen LogP contribution is 2.31. The maximum Gasteiger partial charge on any atom is 0.290 e. The van der Waals surface area contributed by atoms with Crippen molar-refractivity contribution in [3.63, 3.8) is 0 Å². The monoisotopic (exact) mass is 543 g/mol. The van der Waals surface area contributed by atoms with E-state index in [2.05, 4.69) is 25.5 Å². The van der Waals surface area contributed by atoms with Gasteiger partial charge in [-0.25, -0.2) is 9.97 Å². The number of nitrogens with zero attached hydrogens (tertiary/aromatic N) is 3. The van der Waals surface area contributed by atoms with Crippen molar-refractivity contribution in [2.75, 3.05) is 24.5 Å². The van der Waals surface area contributed by atoms with E-state index < -0.39 is 5.91 Å². The summed E-state index contributed by atoms with van der Waals surface area (Å²) in [5.74, 6) is 2.35. The third-order valence-electron chi connectivity index (χ3n) is 6.07. The van der Waals surface area contributed by atoms with Crippen LogP contribution in [0.15, 0.2) is 51.9 Å². The molecule has 0 atom stereocenters. The van der Waals surface area contributed by atoms with Gasteiger partial charge in [0.25, 0.3) is 11.1 Å². The highest BCUT2D eigenvalue weighted by Gasteiger charge is 2.26. The second-order valence-electron chi connectivity index (χ2n) is 8.59. The number of halogens is 2. The summed E-state index contributed by atoms with van der Waals surface area (Å²) in [6.07, 6.45) is 5.32. The molecular formula is C25H23Cl2N5O3S. The van der Waals surface area contributed by atoms with Gasteiger partial charge in [-0.1, -0.05) is 23.2 Å². The van der Waals surface area contributed by atoms with Gasteiger partial charge in [0.15, 0.2) is 0 Å². The zero-order chi connectivity index (χ0) is 25.1.